The second-order valence-electron chi connectivity index (χ2n) is 6.45. The van der Waals surface area contributed by atoms with Crippen molar-refractivity contribution < 1.29 is 13.9 Å². The largest absolute Gasteiger partial charge is 0.451 e. The summed E-state index contributed by atoms with van der Waals surface area (Å²) in [5, 5.41) is 3.43. The summed E-state index contributed by atoms with van der Waals surface area (Å²) in [6.07, 6.45) is 1.78. The van der Waals surface area contributed by atoms with Crippen molar-refractivity contribution in [3.8, 4) is 11.3 Å². The average molecular weight is 398 g/mol. The molecule has 2 aromatic heterocycles. The zero-order valence-corrected chi connectivity index (χ0v) is 16.0. The molecule has 4 rings (SSSR count). The summed E-state index contributed by atoms with van der Waals surface area (Å²) in [6, 6.07) is 14.7. The van der Waals surface area contributed by atoms with Crippen LogP contribution in [0.1, 0.15) is 16.1 Å². The molecule has 6 nitrogen and oxygen atoms in total. The Morgan fingerprint density at radius 2 is 1.93 bits per heavy atom. The average Bonchev–Trinajstić information content (AvgIpc) is 3.23. The molecule has 0 atom stereocenters. The van der Waals surface area contributed by atoms with E-state index < -0.39 is 0 Å². The van der Waals surface area contributed by atoms with Gasteiger partial charge in [0.15, 0.2) is 5.76 Å². The maximum atomic E-state index is 12.4. The third-order valence-corrected chi connectivity index (χ3v) is 4.90. The second kappa shape index (κ2) is 8.46. The van der Waals surface area contributed by atoms with Gasteiger partial charge in [-0.2, -0.15) is 0 Å². The summed E-state index contributed by atoms with van der Waals surface area (Å²) < 4.78 is 11.0. The molecule has 144 valence electrons. The molecular formula is C21H20ClN3O3. The number of carbonyl (C=O) groups is 1. The van der Waals surface area contributed by atoms with Crippen LogP contribution in [-0.4, -0.2) is 37.2 Å². The first kappa shape index (κ1) is 18.5. The summed E-state index contributed by atoms with van der Waals surface area (Å²) in [5.41, 5.74) is 1.68. The Bertz CT molecular complexity index is 950. The second-order valence-corrected chi connectivity index (χ2v) is 6.86. The molecule has 28 heavy (non-hydrogen) atoms. The molecule has 1 aliphatic heterocycles. The lowest BCUT2D eigenvalue weighted by atomic mass is 10.2. The normalized spacial score (nSPS) is 14.1. The Morgan fingerprint density at radius 3 is 2.68 bits per heavy atom. The number of amides is 1. The fraction of sp³-hybridized carbons (Fsp3) is 0.238. The number of benzene rings is 1. The Balaban J connectivity index is 1.36. The lowest BCUT2D eigenvalue weighted by Gasteiger charge is -2.27. The quantitative estimate of drug-likeness (QED) is 0.710. The molecule has 1 aliphatic rings. The zero-order valence-electron chi connectivity index (χ0n) is 15.2. The number of morpholine rings is 1. The van der Waals surface area contributed by atoms with Gasteiger partial charge in [0.05, 0.1) is 18.2 Å². The van der Waals surface area contributed by atoms with Gasteiger partial charge >= 0.3 is 0 Å². The molecule has 0 unspecified atom stereocenters. The highest BCUT2D eigenvalue weighted by molar-refractivity contribution is 6.33. The minimum Gasteiger partial charge on any atom is -0.451 e. The van der Waals surface area contributed by atoms with Crippen molar-refractivity contribution in [1.82, 2.24) is 10.3 Å². The topological polar surface area (TPSA) is 67.6 Å². The number of halogens is 1. The van der Waals surface area contributed by atoms with E-state index in [1.54, 1.807) is 24.4 Å². The van der Waals surface area contributed by atoms with Crippen LogP contribution < -0.4 is 10.2 Å². The van der Waals surface area contributed by atoms with Gasteiger partial charge in [-0.05, 0) is 35.9 Å². The maximum Gasteiger partial charge on any atom is 0.287 e. The van der Waals surface area contributed by atoms with Crippen LogP contribution in [0.2, 0.25) is 5.02 Å². The number of pyridine rings is 1. The van der Waals surface area contributed by atoms with Gasteiger partial charge in [0, 0.05) is 31.4 Å². The molecule has 1 aromatic carbocycles. The van der Waals surface area contributed by atoms with E-state index in [9.17, 15) is 4.79 Å². The van der Waals surface area contributed by atoms with Crippen LogP contribution in [0.15, 0.2) is 59.1 Å². The number of ether oxygens (including phenoxy) is 1. The predicted octanol–water partition coefficient (Wildman–Crippen LogP) is 3.76. The third kappa shape index (κ3) is 4.18. The SMILES string of the molecule is O=C(NCc1ccc(N2CCOCC2)nc1)c1ccc(-c2ccccc2Cl)o1. The van der Waals surface area contributed by atoms with Crippen molar-refractivity contribution in [3.63, 3.8) is 0 Å². The van der Waals surface area contributed by atoms with E-state index in [1.165, 1.54) is 0 Å². The molecule has 0 radical (unpaired) electrons. The van der Waals surface area contributed by atoms with Crippen molar-refractivity contribution in [1.29, 1.82) is 0 Å². The van der Waals surface area contributed by atoms with E-state index >= 15 is 0 Å². The number of hydrogen-bond donors (Lipinski definition) is 1. The van der Waals surface area contributed by atoms with E-state index in [0.29, 0.717) is 17.3 Å². The van der Waals surface area contributed by atoms with Gasteiger partial charge in [0.2, 0.25) is 0 Å². The Labute approximate surface area is 168 Å². The van der Waals surface area contributed by atoms with E-state index in [-0.39, 0.29) is 11.7 Å². The summed E-state index contributed by atoms with van der Waals surface area (Å²) in [7, 11) is 0. The number of anilines is 1. The molecular weight excluding hydrogens is 378 g/mol. The number of nitrogens with zero attached hydrogens (tertiary/aromatic N) is 2. The number of furan rings is 1. The number of carbonyl (C=O) groups excluding carboxylic acids is 1. The molecule has 0 spiro atoms. The van der Waals surface area contributed by atoms with Gasteiger partial charge in [-0.15, -0.1) is 0 Å². The van der Waals surface area contributed by atoms with Crippen molar-refractivity contribution in [2.24, 2.45) is 0 Å². The number of nitrogens with one attached hydrogen (secondary N) is 1. The summed E-state index contributed by atoms with van der Waals surface area (Å²) in [4.78, 5) is 19.1. The summed E-state index contributed by atoms with van der Waals surface area (Å²) >= 11 is 6.18. The maximum absolute atomic E-state index is 12.4. The predicted molar refractivity (Wildman–Crippen MR) is 108 cm³/mol. The molecule has 7 heteroatoms. The molecule has 0 bridgehead atoms. The third-order valence-electron chi connectivity index (χ3n) is 4.57. The van der Waals surface area contributed by atoms with Gasteiger partial charge in [-0.3, -0.25) is 4.79 Å². The molecule has 0 saturated carbocycles. The van der Waals surface area contributed by atoms with Crippen LogP contribution in [0.3, 0.4) is 0 Å². The van der Waals surface area contributed by atoms with Gasteiger partial charge in [-0.1, -0.05) is 29.8 Å². The van der Waals surface area contributed by atoms with Crippen LogP contribution in [-0.2, 0) is 11.3 Å². The van der Waals surface area contributed by atoms with Crippen molar-refractivity contribution >= 4 is 23.3 Å². The molecule has 0 aliphatic carbocycles. The van der Waals surface area contributed by atoms with Crippen molar-refractivity contribution in [2.75, 3.05) is 31.2 Å². The van der Waals surface area contributed by atoms with Gasteiger partial charge in [0.25, 0.3) is 5.91 Å². The van der Waals surface area contributed by atoms with Crippen LogP contribution in [0.5, 0.6) is 0 Å². The smallest absolute Gasteiger partial charge is 0.287 e. The minimum absolute atomic E-state index is 0.243. The van der Waals surface area contributed by atoms with Crippen LogP contribution >= 0.6 is 11.6 Å². The van der Waals surface area contributed by atoms with Crippen LogP contribution in [0, 0.1) is 0 Å². The first-order valence-electron chi connectivity index (χ1n) is 9.11. The Kier molecular flexibility index (Phi) is 5.60. The van der Waals surface area contributed by atoms with Crippen LogP contribution in [0.25, 0.3) is 11.3 Å². The van der Waals surface area contributed by atoms with Crippen molar-refractivity contribution in [2.45, 2.75) is 6.54 Å². The fourth-order valence-electron chi connectivity index (χ4n) is 3.04. The zero-order chi connectivity index (χ0) is 19.3. The minimum atomic E-state index is -0.282. The Hall–Kier alpha value is -2.83. The molecule has 1 fully saturated rings. The highest BCUT2D eigenvalue weighted by Crippen LogP contribution is 2.29. The lowest BCUT2D eigenvalue weighted by molar-refractivity contribution is 0.0924. The molecule has 1 N–H and O–H groups in total. The molecule has 1 amide bonds. The van der Waals surface area contributed by atoms with E-state index in [4.69, 9.17) is 20.8 Å². The van der Waals surface area contributed by atoms with Gasteiger partial charge in [-0.25, -0.2) is 4.98 Å². The molecule has 1 saturated heterocycles. The monoisotopic (exact) mass is 397 g/mol. The van der Waals surface area contributed by atoms with E-state index in [1.807, 2.05) is 30.3 Å². The first-order chi connectivity index (χ1) is 13.7. The Morgan fingerprint density at radius 1 is 1.11 bits per heavy atom. The van der Waals surface area contributed by atoms with Crippen LogP contribution in [0.4, 0.5) is 5.82 Å². The fourth-order valence-corrected chi connectivity index (χ4v) is 3.26. The standard InChI is InChI=1S/C21H20ClN3O3/c22-17-4-2-1-3-16(17)18-6-7-19(28-18)21(26)24-14-15-5-8-20(23-13-15)25-9-11-27-12-10-25/h1-8,13H,9-12,14H2,(H,24,26). The van der Waals surface area contributed by atoms with Gasteiger partial charge < -0.3 is 19.4 Å². The van der Waals surface area contributed by atoms with Gasteiger partial charge in [0.1, 0.15) is 11.6 Å². The van der Waals surface area contributed by atoms with Crippen molar-refractivity contribution in [3.05, 3.63) is 71.1 Å². The summed E-state index contributed by atoms with van der Waals surface area (Å²) in [5.74, 6) is 1.45. The number of hydrogen-bond acceptors (Lipinski definition) is 5. The van der Waals surface area contributed by atoms with E-state index in [0.717, 1.165) is 43.2 Å². The first-order valence-corrected chi connectivity index (χ1v) is 9.49. The molecule has 3 heterocycles. The lowest BCUT2D eigenvalue weighted by Crippen LogP contribution is -2.36. The highest BCUT2D eigenvalue weighted by atomic mass is 35.5. The number of rotatable bonds is 5. The highest BCUT2D eigenvalue weighted by Gasteiger charge is 2.14. The summed E-state index contributed by atoms with van der Waals surface area (Å²) in [6.45, 7) is 3.50. The van der Waals surface area contributed by atoms with E-state index in [2.05, 4.69) is 15.2 Å². The number of aromatic nitrogens is 1. The molecule has 3 aromatic rings.